The van der Waals surface area contributed by atoms with Crippen molar-refractivity contribution in [1.29, 1.82) is 5.26 Å². The quantitative estimate of drug-likeness (QED) is 0.157. The zero-order valence-electron chi connectivity index (χ0n) is 31.5. The Labute approximate surface area is 327 Å². The molecule has 0 atom stereocenters. The molecule has 2 aliphatic heterocycles. The third kappa shape index (κ3) is 6.64. The van der Waals surface area contributed by atoms with Crippen molar-refractivity contribution in [3.8, 4) is 34.2 Å². The van der Waals surface area contributed by atoms with Gasteiger partial charge in [-0.2, -0.15) is 5.26 Å². The summed E-state index contributed by atoms with van der Waals surface area (Å²) in [7, 11) is -2.01. The Morgan fingerprint density at radius 1 is 0.875 bits per heavy atom. The Bertz CT molecular complexity index is 2640. The highest BCUT2D eigenvalue weighted by Crippen LogP contribution is 2.43. The smallest absolute Gasteiger partial charge is 0.269 e. The van der Waals surface area contributed by atoms with Gasteiger partial charge in [0, 0.05) is 55.6 Å². The third-order valence-corrected chi connectivity index (χ3v) is 13.0. The predicted octanol–water partition coefficient (Wildman–Crippen LogP) is 7.45. The summed E-state index contributed by atoms with van der Waals surface area (Å²) >= 11 is 0. The van der Waals surface area contributed by atoms with Crippen molar-refractivity contribution in [1.82, 2.24) is 18.8 Å². The van der Waals surface area contributed by atoms with Crippen LogP contribution in [0.4, 0.5) is 5.69 Å². The van der Waals surface area contributed by atoms with Gasteiger partial charge < -0.3 is 14.5 Å². The van der Waals surface area contributed by atoms with E-state index in [-0.39, 0.29) is 22.0 Å². The lowest BCUT2D eigenvalue weighted by atomic mass is 9.97. The molecule has 0 bridgehead atoms. The molecule has 0 unspecified atom stereocenters. The van der Waals surface area contributed by atoms with E-state index in [9.17, 15) is 18.5 Å². The van der Waals surface area contributed by atoms with Crippen LogP contribution in [0.2, 0.25) is 0 Å². The molecule has 6 aromatic rings. The van der Waals surface area contributed by atoms with Gasteiger partial charge in [0.05, 0.1) is 28.3 Å². The number of carbonyl (C=O) groups excluding carboxylic acids is 1. The topological polar surface area (TPSA) is 112 Å². The minimum Gasteiger partial charge on any atom is -0.491 e. The van der Waals surface area contributed by atoms with Crippen molar-refractivity contribution in [2.24, 2.45) is 0 Å². The summed E-state index contributed by atoms with van der Waals surface area (Å²) in [5.41, 5.74) is 7.29. The second kappa shape index (κ2) is 14.4. The number of ether oxygens (including phenoxy) is 1. The van der Waals surface area contributed by atoms with Crippen molar-refractivity contribution >= 4 is 32.7 Å². The minimum atomic E-state index is -4.15. The fourth-order valence-corrected chi connectivity index (χ4v) is 9.38. The summed E-state index contributed by atoms with van der Waals surface area (Å²) in [6.07, 6.45) is 3.75. The highest BCUT2D eigenvalue weighted by molar-refractivity contribution is 7.90. The lowest BCUT2D eigenvalue weighted by molar-refractivity contribution is 0.0990. The molecule has 9 rings (SSSR count). The van der Waals surface area contributed by atoms with E-state index in [1.165, 1.54) is 15.7 Å². The molecule has 0 spiro atoms. The maximum absolute atomic E-state index is 14.7. The van der Waals surface area contributed by atoms with Gasteiger partial charge in [-0.25, -0.2) is 17.4 Å². The molecular formula is C45H42N6O4S. The maximum atomic E-state index is 14.7. The van der Waals surface area contributed by atoms with Crippen LogP contribution < -0.4 is 9.64 Å². The summed E-state index contributed by atoms with van der Waals surface area (Å²) in [6, 6.07) is 32.3. The van der Waals surface area contributed by atoms with E-state index in [4.69, 9.17) is 4.74 Å². The number of pyridine rings is 1. The van der Waals surface area contributed by atoms with Crippen LogP contribution >= 0.6 is 0 Å². The molecule has 0 radical (unpaired) electrons. The maximum Gasteiger partial charge on any atom is 0.269 e. The molecule has 11 heteroatoms. The molecule has 3 aliphatic rings. The number of anilines is 1. The van der Waals surface area contributed by atoms with Gasteiger partial charge >= 0.3 is 0 Å². The molecule has 0 N–H and O–H groups in total. The fourth-order valence-electron chi connectivity index (χ4n) is 7.90. The number of nitriles is 1. The van der Waals surface area contributed by atoms with Gasteiger partial charge in [-0.15, -0.1) is 0 Å². The number of nitrogens with zero attached hydrogens (tertiary/aromatic N) is 6. The Morgan fingerprint density at radius 2 is 1.64 bits per heavy atom. The average molecular weight is 763 g/mol. The van der Waals surface area contributed by atoms with E-state index in [2.05, 4.69) is 40.0 Å². The van der Waals surface area contributed by atoms with Crippen LogP contribution in [0.25, 0.3) is 33.4 Å². The van der Waals surface area contributed by atoms with Crippen molar-refractivity contribution in [3.63, 3.8) is 0 Å². The van der Waals surface area contributed by atoms with Crippen molar-refractivity contribution < 1.29 is 17.9 Å². The summed E-state index contributed by atoms with van der Waals surface area (Å²) in [4.78, 5) is 25.3. The summed E-state index contributed by atoms with van der Waals surface area (Å²) in [5.74, 6) is 0.984. The van der Waals surface area contributed by atoms with Crippen molar-refractivity contribution in [2.45, 2.75) is 37.1 Å². The zero-order valence-corrected chi connectivity index (χ0v) is 32.3. The first-order valence-corrected chi connectivity index (χ1v) is 20.6. The Morgan fingerprint density at radius 3 is 2.38 bits per heavy atom. The second-order valence-electron chi connectivity index (χ2n) is 15.2. The van der Waals surface area contributed by atoms with Crippen LogP contribution in [0.1, 0.15) is 51.4 Å². The number of hydrogen-bond acceptors (Lipinski definition) is 8. The number of aromatic nitrogens is 2. The first-order chi connectivity index (χ1) is 27.2. The van der Waals surface area contributed by atoms with Gasteiger partial charge in [-0.05, 0) is 97.4 Å². The van der Waals surface area contributed by atoms with Gasteiger partial charge in [-0.3, -0.25) is 9.69 Å². The lowest BCUT2D eigenvalue weighted by Crippen LogP contribution is -2.43. The van der Waals surface area contributed by atoms with Gasteiger partial charge in [0.15, 0.2) is 5.65 Å². The molecular weight excluding hydrogens is 721 g/mol. The first kappa shape index (κ1) is 35.9. The number of carbonyl (C=O) groups is 1. The number of benzene rings is 4. The van der Waals surface area contributed by atoms with E-state index in [1.54, 1.807) is 29.2 Å². The summed E-state index contributed by atoms with van der Waals surface area (Å²) in [6.45, 7) is 7.43. The number of fused-ring (bicyclic) bond motifs is 2. The van der Waals surface area contributed by atoms with E-state index >= 15 is 0 Å². The molecule has 282 valence electrons. The highest BCUT2D eigenvalue weighted by atomic mass is 32.2. The second-order valence-corrected chi connectivity index (χ2v) is 17.0. The molecule has 2 fully saturated rings. The van der Waals surface area contributed by atoms with Gasteiger partial charge in [0.2, 0.25) is 0 Å². The van der Waals surface area contributed by atoms with Crippen molar-refractivity contribution in [3.05, 3.63) is 131 Å². The number of likely N-dealkylation sites (N-methyl/N-ethyl adjacent to an activating group) is 1. The van der Waals surface area contributed by atoms with Crippen LogP contribution in [0.3, 0.4) is 0 Å². The monoisotopic (exact) mass is 762 g/mol. The SMILES string of the molecule is Cc1ccc(S(=O)(=O)n2c(-c3ccc(CN4CCN(C)CC4)cc3)cc3c(-c4cccc(N5CCOc6cc(C7CC7)ccc6C5=O)c4)c(C#N)cnc32)cc1. The minimum absolute atomic E-state index is 0.134. The number of amides is 1. The fraction of sp³-hybridized carbons (Fsp3) is 0.267. The van der Waals surface area contributed by atoms with Crippen molar-refractivity contribution in [2.75, 3.05) is 51.3 Å². The number of rotatable bonds is 8. The molecule has 56 heavy (non-hydrogen) atoms. The predicted molar refractivity (Wildman–Crippen MR) is 217 cm³/mol. The Kier molecular flexibility index (Phi) is 9.20. The molecule has 1 aliphatic carbocycles. The molecule has 4 heterocycles. The summed E-state index contributed by atoms with van der Waals surface area (Å²) < 4.78 is 36.7. The molecule has 10 nitrogen and oxygen atoms in total. The van der Waals surface area contributed by atoms with Crippen LogP contribution in [0.15, 0.2) is 108 Å². The first-order valence-electron chi connectivity index (χ1n) is 19.1. The van der Waals surface area contributed by atoms with Crippen LogP contribution in [-0.4, -0.2) is 79.5 Å². The summed E-state index contributed by atoms with van der Waals surface area (Å²) in [5, 5.41) is 11.0. The van der Waals surface area contributed by atoms with Gasteiger partial charge in [0.25, 0.3) is 15.9 Å². The normalized spacial score (nSPS) is 16.7. The van der Waals surface area contributed by atoms with Crippen LogP contribution in [0.5, 0.6) is 5.75 Å². The van der Waals surface area contributed by atoms with Crippen LogP contribution in [-0.2, 0) is 16.6 Å². The van der Waals surface area contributed by atoms with Gasteiger partial charge in [-0.1, -0.05) is 60.2 Å². The average Bonchev–Trinajstić information content (AvgIpc) is 4.01. The van der Waals surface area contributed by atoms with E-state index in [0.29, 0.717) is 63.8 Å². The largest absolute Gasteiger partial charge is 0.491 e. The van der Waals surface area contributed by atoms with E-state index in [1.807, 2.05) is 67.6 Å². The highest BCUT2D eigenvalue weighted by Gasteiger charge is 2.31. The number of aryl methyl sites for hydroxylation is 1. The molecule has 1 saturated carbocycles. The number of hydrogen-bond donors (Lipinski definition) is 0. The van der Waals surface area contributed by atoms with Crippen LogP contribution in [0, 0.1) is 18.3 Å². The van der Waals surface area contributed by atoms with E-state index in [0.717, 1.165) is 56.7 Å². The molecule has 1 amide bonds. The lowest BCUT2D eigenvalue weighted by Gasteiger charge is -2.32. The molecule has 2 aromatic heterocycles. The Hall–Kier alpha value is -5.80. The standard InChI is InChI=1S/C45H42N6O4S/c1-30-6-15-38(16-7-30)56(53,54)51-41(33-10-8-31(9-11-33)29-49-20-18-48(2)19-21-49)26-40-43(36(27-46)28-47-44(40)51)35-4-3-5-37(24-35)50-22-23-55-42-25-34(32-12-13-32)14-17-39(42)45(50)52/h3-11,14-17,24-26,28,32H,12-13,18-23,29H2,1-2H3. The molecule has 1 saturated heterocycles. The Balaban J connectivity index is 1.15. The number of piperazine rings is 1. The third-order valence-electron chi connectivity index (χ3n) is 11.3. The zero-order chi connectivity index (χ0) is 38.6. The van der Waals surface area contributed by atoms with Gasteiger partial charge in [0.1, 0.15) is 18.4 Å². The molecule has 4 aromatic carbocycles. The van der Waals surface area contributed by atoms with E-state index < -0.39 is 10.0 Å².